The van der Waals surface area contributed by atoms with Crippen molar-refractivity contribution in [2.45, 2.75) is 27.7 Å². The Kier molecular flexibility index (Phi) is 4.35. The Balaban J connectivity index is 2.00. The van der Waals surface area contributed by atoms with Crippen LogP contribution in [0.2, 0.25) is 0 Å². The van der Waals surface area contributed by atoms with Crippen LogP contribution in [0.5, 0.6) is 0 Å². The Labute approximate surface area is 145 Å². The van der Waals surface area contributed by atoms with Crippen LogP contribution >= 0.6 is 0 Å². The Morgan fingerprint density at radius 1 is 1.04 bits per heavy atom. The Morgan fingerprint density at radius 2 is 1.75 bits per heavy atom. The molecule has 0 radical (unpaired) electrons. The molecule has 0 saturated heterocycles. The zero-order valence-electron chi connectivity index (χ0n) is 15.4. The molecule has 3 heteroatoms. The van der Waals surface area contributed by atoms with Gasteiger partial charge in [0.2, 0.25) is 0 Å². The molecule has 0 fully saturated rings. The molecule has 1 aromatic carbocycles. The van der Waals surface area contributed by atoms with Gasteiger partial charge in [0.1, 0.15) is 0 Å². The summed E-state index contributed by atoms with van der Waals surface area (Å²) >= 11 is 0. The van der Waals surface area contributed by atoms with Crippen LogP contribution in [0.25, 0.3) is 16.8 Å². The maximum atomic E-state index is 4.12. The number of aromatic nitrogens is 1. The number of nitrogens with zero attached hydrogens (tertiary/aromatic N) is 3. The van der Waals surface area contributed by atoms with Crippen molar-refractivity contribution in [2.24, 2.45) is 5.41 Å². The minimum Gasteiger partial charge on any atom is -0.361 e. The monoisotopic (exact) mass is 321 g/mol. The van der Waals surface area contributed by atoms with Crippen LogP contribution in [-0.4, -0.2) is 35.0 Å². The van der Waals surface area contributed by atoms with Crippen molar-refractivity contribution in [1.82, 2.24) is 14.8 Å². The first kappa shape index (κ1) is 16.6. The van der Waals surface area contributed by atoms with Crippen molar-refractivity contribution in [2.75, 3.05) is 20.3 Å². The summed E-state index contributed by atoms with van der Waals surface area (Å²) in [6.45, 7) is 11.1. The third kappa shape index (κ3) is 3.61. The fourth-order valence-corrected chi connectivity index (χ4v) is 3.25. The second-order valence-electron chi connectivity index (χ2n) is 7.94. The largest absolute Gasteiger partial charge is 0.361 e. The average molecular weight is 321 g/mol. The number of pyridine rings is 1. The Hall–Kier alpha value is -2.29. The molecule has 0 saturated carbocycles. The smallest absolute Gasteiger partial charge is 0.0896 e. The molecule has 1 aliphatic rings. The van der Waals surface area contributed by atoms with Gasteiger partial charge in [0.25, 0.3) is 0 Å². The van der Waals surface area contributed by atoms with Gasteiger partial charge in [-0.05, 0) is 47.2 Å². The minimum absolute atomic E-state index is 0.265. The van der Waals surface area contributed by atoms with Crippen molar-refractivity contribution >= 4 is 5.70 Å². The lowest BCUT2D eigenvalue weighted by Gasteiger charge is -2.31. The summed E-state index contributed by atoms with van der Waals surface area (Å²) in [6.07, 6.45) is 5.97. The second-order valence-corrected chi connectivity index (χ2v) is 7.94. The zero-order valence-corrected chi connectivity index (χ0v) is 15.4. The van der Waals surface area contributed by atoms with E-state index >= 15 is 0 Å². The number of hydrogen-bond donors (Lipinski definition) is 0. The summed E-state index contributed by atoms with van der Waals surface area (Å²) in [5.74, 6) is 0. The van der Waals surface area contributed by atoms with E-state index in [9.17, 15) is 0 Å². The highest BCUT2D eigenvalue weighted by molar-refractivity contribution is 5.74. The molecular weight excluding hydrogens is 294 g/mol. The number of aryl methyl sites for hydroxylation is 1. The number of hydrogen-bond acceptors (Lipinski definition) is 3. The first-order valence-electron chi connectivity index (χ1n) is 8.52. The first-order valence-corrected chi connectivity index (χ1v) is 8.52. The maximum Gasteiger partial charge on any atom is 0.0896 e. The highest BCUT2D eigenvalue weighted by atomic mass is 15.3. The normalized spacial score (nSPS) is 15.0. The summed E-state index contributed by atoms with van der Waals surface area (Å²) < 4.78 is 0. The van der Waals surface area contributed by atoms with E-state index in [4.69, 9.17) is 0 Å². The zero-order chi connectivity index (χ0) is 17.3. The van der Waals surface area contributed by atoms with E-state index in [1.165, 1.54) is 28.0 Å². The lowest BCUT2D eigenvalue weighted by Crippen LogP contribution is -2.32. The predicted molar refractivity (Wildman–Crippen MR) is 101 cm³/mol. The second kappa shape index (κ2) is 6.31. The van der Waals surface area contributed by atoms with Crippen LogP contribution in [-0.2, 0) is 0 Å². The van der Waals surface area contributed by atoms with Crippen LogP contribution in [0.15, 0.2) is 48.9 Å². The summed E-state index contributed by atoms with van der Waals surface area (Å²) in [6, 6.07) is 10.9. The molecule has 0 amide bonds. The topological polar surface area (TPSA) is 19.4 Å². The number of rotatable bonds is 3. The molecule has 0 spiro atoms. The van der Waals surface area contributed by atoms with Gasteiger partial charge < -0.3 is 9.80 Å². The van der Waals surface area contributed by atoms with Crippen molar-refractivity contribution < 1.29 is 0 Å². The van der Waals surface area contributed by atoms with Gasteiger partial charge in [-0.15, -0.1) is 0 Å². The highest BCUT2D eigenvalue weighted by Crippen LogP contribution is 2.33. The van der Waals surface area contributed by atoms with E-state index in [1.54, 1.807) is 0 Å². The van der Waals surface area contributed by atoms with Crippen molar-refractivity contribution in [1.29, 1.82) is 0 Å². The van der Waals surface area contributed by atoms with Gasteiger partial charge >= 0.3 is 0 Å². The molecule has 0 aliphatic carbocycles. The maximum absolute atomic E-state index is 4.12. The van der Waals surface area contributed by atoms with Crippen LogP contribution in [0.1, 0.15) is 31.9 Å². The molecule has 3 nitrogen and oxygen atoms in total. The lowest BCUT2D eigenvalue weighted by atomic mass is 9.94. The molecule has 0 bridgehead atoms. The molecular formula is C21H27N3. The van der Waals surface area contributed by atoms with Gasteiger partial charge in [0.05, 0.1) is 12.4 Å². The minimum atomic E-state index is 0.265. The van der Waals surface area contributed by atoms with Crippen molar-refractivity contribution in [3.8, 4) is 11.1 Å². The third-order valence-corrected chi connectivity index (χ3v) is 4.27. The standard InChI is InChI=1S/C21H27N3/c1-16-6-7-18(17-8-10-22-11-9-17)12-19(16)20-13-23(5)15-24(20)14-21(2,3)4/h6-13H,14-15H2,1-5H3. The van der Waals surface area contributed by atoms with Crippen LogP contribution in [0.3, 0.4) is 0 Å². The fraction of sp³-hybridized carbons (Fsp3) is 0.381. The number of benzene rings is 1. The molecule has 0 atom stereocenters. The summed E-state index contributed by atoms with van der Waals surface area (Å²) in [7, 11) is 2.14. The fourth-order valence-electron chi connectivity index (χ4n) is 3.25. The van der Waals surface area contributed by atoms with Crippen LogP contribution in [0.4, 0.5) is 0 Å². The first-order chi connectivity index (χ1) is 11.3. The average Bonchev–Trinajstić information content (AvgIpc) is 2.87. The van der Waals surface area contributed by atoms with E-state index in [1.807, 2.05) is 12.4 Å². The Morgan fingerprint density at radius 3 is 2.42 bits per heavy atom. The predicted octanol–water partition coefficient (Wildman–Crippen LogP) is 4.61. The molecule has 24 heavy (non-hydrogen) atoms. The van der Waals surface area contributed by atoms with Gasteiger partial charge in [-0.2, -0.15) is 0 Å². The molecule has 0 N–H and O–H groups in total. The molecule has 2 aromatic rings. The van der Waals surface area contributed by atoms with E-state index in [2.05, 4.69) is 86.1 Å². The van der Waals surface area contributed by atoms with Crippen LogP contribution in [0, 0.1) is 12.3 Å². The summed E-state index contributed by atoms with van der Waals surface area (Å²) in [5, 5.41) is 0. The third-order valence-electron chi connectivity index (χ3n) is 4.27. The molecule has 0 unspecified atom stereocenters. The summed E-state index contributed by atoms with van der Waals surface area (Å²) in [4.78, 5) is 8.87. The molecule has 1 aromatic heterocycles. The summed E-state index contributed by atoms with van der Waals surface area (Å²) in [5.41, 5.74) is 6.66. The van der Waals surface area contributed by atoms with E-state index < -0.39 is 0 Å². The highest BCUT2D eigenvalue weighted by Gasteiger charge is 2.25. The molecule has 126 valence electrons. The van der Waals surface area contributed by atoms with Crippen molar-refractivity contribution in [3.05, 3.63) is 60.1 Å². The van der Waals surface area contributed by atoms with E-state index in [-0.39, 0.29) is 5.41 Å². The van der Waals surface area contributed by atoms with Gasteiger partial charge in [0.15, 0.2) is 0 Å². The van der Waals surface area contributed by atoms with Gasteiger partial charge in [0, 0.05) is 37.7 Å². The van der Waals surface area contributed by atoms with Crippen molar-refractivity contribution in [3.63, 3.8) is 0 Å². The van der Waals surface area contributed by atoms with Crippen LogP contribution < -0.4 is 0 Å². The van der Waals surface area contributed by atoms with E-state index in [0.29, 0.717) is 0 Å². The quantitative estimate of drug-likeness (QED) is 0.823. The van der Waals surface area contributed by atoms with E-state index in [0.717, 1.165) is 13.2 Å². The van der Waals surface area contributed by atoms with Gasteiger partial charge in [-0.25, -0.2) is 0 Å². The van der Waals surface area contributed by atoms with Gasteiger partial charge in [-0.1, -0.05) is 32.9 Å². The Bertz CT molecular complexity index is 741. The molecule has 1 aliphatic heterocycles. The SMILES string of the molecule is Cc1ccc(-c2ccncc2)cc1C1=CN(C)CN1CC(C)(C)C. The molecule has 2 heterocycles. The lowest BCUT2D eigenvalue weighted by molar-refractivity contribution is 0.227. The molecule has 3 rings (SSSR count). The van der Waals surface area contributed by atoms with Gasteiger partial charge in [-0.3, -0.25) is 4.98 Å².